The van der Waals surface area contributed by atoms with Crippen LogP contribution in [0.3, 0.4) is 0 Å². The van der Waals surface area contributed by atoms with E-state index in [-0.39, 0.29) is 31.1 Å². The molecule has 0 spiro atoms. The standard InChI is InChI=1S/C48H92O6/c1-6-8-9-10-11-12-13-14-15-16-17-23-28-33-38-46(49)52-41-45(42-53-47(50)39-34-29-25-20-21-26-31-36-43(3)4)54-48(51)40-35-30-24-19-18-22-27-32-37-44(5)7-2/h43-45H,6-42H2,1-5H3/t44?,45-/m1/s1. The molecule has 0 bridgehead atoms. The van der Waals surface area contributed by atoms with Crippen LogP contribution in [0.4, 0.5) is 0 Å². The van der Waals surface area contributed by atoms with Crippen molar-refractivity contribution in [2.45, 2.75) is 265 Å². The van der Waals surface area contributed by atoms with Crippen molar-refractivity contribution >= 4 is 17.9 Å². The van der Waals surface area contributed by atoms with Gasteiger partial charge in [-0.15, -0.1) is 0 Å². The van der Waals surface area contributed by atoms with Crippen LogP contribution in [0.5, 0.6) is 0 Å². The molecule has 0 radical (unpaired) electrons. The monoisotopic (exact) mass is 765 g/mol. The maximum absolute atomic E-state index is 12.7. The summed E-state index contributed by atoms with van der Waals surface area (Å²) in [7, 11) is 0. The first-order chi connectivity index (χ1) is 26.3. The van der Waals surface area contributed by atoms with Crippen molar-refractivity contribution < 1.29 is 28.6 Å². The molecular formula is C48H92O6. The highest BCUT2D eigenvalue weighted by molar-refractivity contribution is 5.71. The Labute approximate surface area is 336 Å². The molecule has 0 N–H and O–H groups in total. The highest BCUT2D eigenvalue weighted by Crippen LogP contribution is 2.17. The van der Waals surface area contributed by atoms with Crippen LogP contribution in [-0.4, -0.2) is 37.2 Å². The van der Waals surface area contributed by atoms with Gasteiger partial charge in [-0.3, -0.25) is 14.4 Å². The van der Waals surface area contributed by atoms with Gasteiger partial charge in [-0.1, -0.05) is 221 Å². The molecule has 0 aromatic carbocycles. The van der Waals surface area contributed by atoms with Crippen molar-refractivity contribution in [3.8, 4) is 0 Å². The van der Waals surface area contributed by atoms with Crippen molar-refractivity contribution in [3.63, 3.8) is 0 Å². The molecule has 0 saturated carbocycles. The molecule has 0 amide bonds. The van der Waals surface area contributed by atoms with E-state index in [2.05, 4.69) is 34.6 Å². The Balaban J connectivity index is 4.33. The molecule has 54 heavy (non-hydrogen) atoms. The van der Waals surface area contributed by atoms with Gasteiger partial charge in [0.05, 0.1) is 0 Å². The fourth-order valence-corrected chi connectivity index (χ4v) is 7.07. The first-order valence-corrected chi connectivity index (χ1v) is 23.8. The van der Waals surface area contributed by atoms with Gasteiger partial charge in [0.25, 0.3) is 0 Å². The second-order valence-electron chi connectivity index (χ2n) is 17.1. The van der Waals surface area contributed by atoms with Crippen molar-refractivity contribution in [1.29, 1.82) is 0 Å². The summed E-state index contributed by atoms with van der Waals surface area (Å²) in [6, 6.07) is 0. The van der Waals surface area contributed by atoms with Crippen LogP contribution in [0.2, 0.25) is 0 Å². The summed E-state index contributed by atoms with van der Waals surface area (Å²) < 4.78 is 16.7. The summed E-state index contributed by atoms with van der Waals surface area (Å²) >= 11 is 0. The lowest BCUT2D eigenvalue weighted by Gasteiger charge is -2.18. The van der Waals surface area contributed by atoms with Gasteiger partial charge in [-0.2, -0.15) is 0 Å². The lowest BCUT2D eigenvalue weighted by atomic mass is 9.99. The van der Waals surface area contributed by atoms with Gasteiger partial charge in [-0.05, 0) is 31.1 Å². The summed E-state index contributed by atoms with van der Waals surface area (Å²) in [5.41, 5.74) is 0. The maximum atomic E-state index is 12.7. The van der Waals surface area contributed by atoms with Gasteiger partial charge in [0, 0.05) is 19.3 Å². The fourth-order valence-electron chi connectivity index (χ4n) is 7.07. The first-order valence-electron chi connectivity index (χ1n) is 23.8. The number of unbranched alkanes of at least 4 members (excludes halogenated alkanes) is 26. The Kier molecular flexibility index (Phi) is 39.8. The summed E-state index contributed by atoms with van der Waals surface area (Å²) in [6.07, 6.45) is 39.4. The molecule has 0 saturated heterocycles. The largest absolute Gasteiger partial charge is 0.462 e. The van der Waals surface area contributed by atoms with Gasteiger partial charge >= 0.3 is 17.9 Å². The molecular weight excluding hydrogens is 673 g/mol. The van der Waals surface area contributed by atoms with E-state index in [4.69, 9.17) is 14.2 Å². The average Bonchev–Trinajstić information content (AvgIpc) is 3.15. The van der Waals surface area contributed by atoms with Crippen LogP contribution in [0.1, 0.15) is 259 Å². The molecule has 0 aromatic heterocycles. The second-order valence-corrected chi connectivity index (χ2v) is 17.1. The normalized spacial score (nSPS) is 12.6. The number of hydrogen-bond acceptors (Lipinski definition) is 6. The number of esters is 3. The molecule has 1 unspecified atom stereocenters. The Morgan fingerprint density at radius 3 is 1.06 bits per heavy atom. The highest BCUT2D eigenvalue weighted by Gasteiger charge is 2.19. The van der Waals surface area contributed by atoms with Crippen LogP contribution < -0.4 is 0 Å². The van der Waals surface area contributed by atoms with E-state index in [0.717, 1.165) is 69.6 Å². The lowest BCUT2D eigenvalue weighted by Crippen LogP contribution is -2.30. The predicted octanol–water partition coefficient (Wildman–Crippen LogP) is 15.0. The van der Waals surface area contributed by atoms with Crippen molar-refractivity contribution in [2.24, 2.45) is 11.8 Å². The molecule has 0 heterocycles. The van der Waals surface area contributed by atoms with Crippen LogP contribution >= 0.6 is 0 Å². The zero-order valence-electron chi connectivity index (χ0n) is 36.8. The molecule has 6 heteroatoms. The van der Waals surface area contributed by atoms with E-state index < -0.39 is 6.10 Å². The van der Waals surface area contributed by atoms with Crippen LogP contribution in [0.15, 0.2) is 0 Å². The van der Waals surface area contributed by atoms with E-state index in [9.17, 15) is 14.4 Å². The number of ether oxygens (including phenoxy) is 3. The van der Waals surface area contributed by atoms with Gasteiger partial charge in [-0.25, -0.2) is 0 Å². The molecule has 2 atom stereocenters. The molecule has 0 aliphatic heterocycles. The third-order valence-corrected chi connectivity index (χ3v) is 11.1. The maximum Gasteiger partial charge on any atom is 0.306 e. The molecule has 0 aliphatic carbocycles. The molecule has 0 fully saturated rings. The van der Waals surface area contributed by atoms with E-state index in [1.165, 1.54) is 148 Å². The van der Waals surface area contributed by atoms with Crippen LogP contribution in [0, 0.1) is 11.8 Å². The summed E-state index contributed by atoms with van der Waals surface area (Å²) in [5.74, 6) is 0.768. The first kappa shape index (κ1) is 52.4. The second kappa shape index (κ2) is 41.1. The number of carbonyl (C=O) groups excluding carboxylic acids is 3. The van der Waals surface area contributed by atoms with Crippen molar-refractivity contribution in [3.05, 3.63) is 0 Å². The zero-order chi connectivity index (χ0) is 39.7. The van der Waals surface area contributed by atoms with Gasteiger partial charge in [0.2, 0.25) is 0 Å². The SMILES string of the molecule is CCCCCCCCCCCCCCCCC(=O)OC[C@H](COC(=O)CCCCCCCCCC(C)C)OC(=O)CCCCCCCCCCC(C)CC. The summed E-state index contributed by atoms with van der Waals surface area (Å²) in [4.78, 5) is 37.7. The van der Waals surface area contributed by atoms with Crippen molar-refractivity contribution in [1.82, 2.24) is 0 Å². The minimum absolute atomic E-state index is 0.0652. The van der Waals surface area contributed by atoms with Gasteiger partial charge < -0.3 is 14.2 Å². The Morgan fingerprint density at radius 2 is 0.704 bits per heavy atom. The Hall–Kier alpha value is -1.59. The molecule has 6 nitrogen and oxygen atoms in total. The number of hydrogen-bond donors (Lipinski definition) is 0. The quantitative estimate of drug-likeness (QED) is 0.0350. The predicted molar refractivity (Wildman–Crippen MR) is 229 cm³/mol. The van der Waals surface area contributed by atoms with Crippen molar-refractivity contribution in [2.75, 3.05) is 13.2 Å². The van der Waals surface area contributed by atoms with Crippen LogP contribution in [0.25, 0.3) is 0 Å². The Morgan fingerprint density at radius 1 is 0.389 bits per heavy atom. The average molecular weight is 765 g/mol. The molecule has 0 aromatic rings. The molecule has 0 rings (SSSR count). The minimum atomic E-state index is -0.761. The van der Waals surface area contributed by atoms with Crippen LogP contribution in [-0.2, 0) is 28.6 Å². The van der Waals surface area contributed by atoms with Gasteiger partial charge in [0.1, 0.15) is 13.2 Å². The third kappa shape index (κ3) is 40.1. The fraction of sp³-hybridized carbons (Fsp3) is 0.938. The minimum Gasteiger partial charge on any atom is -0.462 e. The van der Waals surface area contributed by atoms with E-state index >= 15 is 0 Å². The summed E-state index contributed by atoms with van der Waals surface area (Å²) in [5, 5.41) is 0. The number of carbonyl (C=O) groups is 3. The van der Waals surface area contributed by atoms with E-state index in [1.54, 1.807) is 0 Å². The Bertz CT molecular complexity index is 826. The number of rotatable bonds is 42. The highest BCUT2D eigenvalue weighted by atomic mass is 16.6. The third-order valence-electron chi connectivity index (χ3n) is 11.1. The molecule has 320 valence electrons. The van der Waals surface area contributed by atoms with E-state index in [1.807, 2.05) is 0 Å². The zero-order valence-corrected chi connectivity index (χ0v) is 36.8. The summed E-state index contributed by atoms with van der Waals surface area (Å²) in [6.45, 7) is 11.3. The lowest BCUT2D eigenvalue weighted by molar-refractivity contribution is -0.167. The topological polar surface area (TPSA) is 78.9 Å². The van der Waals surface area contributed by atoms with E-state index in [0.29, 0.717) is 19.3 Å². The van der Waals surface area contributed by atoms with Gasteiger partial charge in [0.15, 0.2) is 6.10 Å². The molecule has 0 aliphatic rings. The smallest absolute Gasteiger partial charge is 0.306 e.